The van der Waals surface area contributed by atoms with Crippen LogP contribution in [0.25, 0.3) is 0 Å². The van der Waals surface area contributed by atoms with Gasteiger partial charge < -0.3 is 10.2 Å². The lowest BCUT2D eigenvalue weighted by molar-refractivity contribution is -0.119. The summed E-state index contributed by atoms with van der Waals surface area (Å²) in [7, 11) is 7.29. The van der Waals surface area contributed by atoms with Crippen LogP contribution in [-0.4, -0.2) is 20.0 Å². The number of carbonyl (C=O) groups is 1. The van der Waals surface area contributed by atoms with Gasteiger partial charge in [-0.1, -0.05) is 12.1 Å². The van der Waals surface area contributed by atoms with Crippen molar-refractivity contribution in [2.45, 2.75) is 6.42 Å². The van der Waals surface area contributed by atoms with Crippen LogP contribution in [0.4, 0.5) is 5.69 Å². The van der Waals surface area contributed by atoms with E-state index in [2.05, 4.69) is 12.4 Å². The quantitative estimate of drug-likeness (QED) is 0.778. The number of hydrogen-bond donors (Lipinski definition) is 1. The maximum absolute atomic E-state index is 11.0. The summed E-state index contributed by atoms with van der Waals surface area (Å²) >= 11 is 0. The molecule has 0 spiro atoms. The van der Waals surface area contributed by atoms with Crippen LogP contribution >= 0.6 is 0 Å². The SMILES string of the molecule is [CH2]NC(=O)Cc1ccc(N(C)C)cc1. The van der Waals surface area contributed by atoms with Crippen molar-refractivity contribution in [1.29, 1.82) is 0 Å². The van der Waals surface area contributed by atoms with Gasteiger partial charge in [-0.15, -0.1) is 0 Å². The van der Waals surface area contributed by atoms with Crippen molar-refractivity contribution in [2.24, 2.45) is 0 Å². The van der Waals surface area contributed by atoms with Gasteiger partial charge in [-0.25, -0.2) is 0 Å². The van der Waals surface area contributed by atoms with Gasteiger partial charge in [-0.3, -0.25) is 4.79 Å². The fourth-order valence-corrected chi connectivity index (χ4v) is 1.16. The highest BCUT2D eigenvalue weighted by Gasteiger charge is 2.00. The number of nitrogens with one attached hydrogen (secondary N) is 1. The van der Waals surface area contributed by atoms with E-state index in [0.717, 1.165) is 11.3 Å². The van der Waals surface area contributed by atoms with E-state index in [1.165, 1.54) is 0 Å². The van der Waals surface area contributed by atoms with E-state index in [9.17, 15) is 4.79 Å². The number of benzene rings is 1. The highest BCUT2D eigenvalue weighted by atomic mass is 16.1. The Labute approximate surface area is 84.7 Å². The van der Waals surface area contributed by atoms with Gasteiger partial charge in [0.25, 0.3) is 0 Å². The van der Waals surface area contributed by atoms with Crippen LogP contribution in [0.5, 0.6) is 0 Å². The van der Waals surface area contributed by atoms with Gasteiger partial charge in [-0.05, 0) is 17.7 Å². The summed E-state index contributed by atoms with van der Waals surface area (Å²) in [6.45, 7) is 0. The van der Waals surface area contributed by atoms with E-state index in [4.69, 9.17) is 0 Å². The first-order valence-corrected chi connectivity index (χ1v) is 4.45. The zero-order valence-electron chi connectivity index (χ0n) is 8.58. The average molecular weight is 191 g/mol. The predicted octanol–water partition coefficient (Wildman–Crippen LogP) is 1.20. The molecule has 1 aromatic rings. The second-order valence-electron chi connectivity index (χ2n) is 3.34. The second kappa shape index (κ2) is 4.65. The molecule has 0 unspecified atom stereocenters. The Balaban J connectivity index is 2.69. The Bertz CT molecular complexity index is 304. The monoisotopic (exact) mass is 191 g/mol. The number of amides is 1. The van der Waals surface area contributed by atoms with Gasteiger partial charge >= 0.3 is 0 Å². The molecule has 0 atom stereocenters. The smallest absolute Gasteiger partial charge is 0.224 e. The first kappa shape index (κ1) is 10.6. The van der Waals surface area contributed by atoms with E-state index in [1.807, 2.05) is 43.3 Å². The Morgan fingerprint density at radius 2 is 1.93 bits per heavy atom. The molecular formula is C11H15N2O. The van der Waals surface area contributed by atoms with Gasteiger partial charge in [0, 0.05) is 26.8 Å². The maximum Gasteiger partial charge on any atom is 0.224 e. The van der Waals surface area contributed by atoms with Crippen molar-refractivity contribution >= 4 is 11.6 Å². The Kier molecular flexibility index (Phi) is 3.51. The second-order valence-corrected chi connectivity index (χ2v) is 3.34. The normalized spacial score (nSPS) is 9.64. The van der Waals surface area contributed by atoms with Crippen molar-refractivity contribution in [3.05, 3.63) is 36.9 Å². The van der Waals surface area contributed by atoms with Crippen LogP contribution < -0.4 is 10.2 Å². The maximum atomic E-state index is 11.0. The van der Waals surface area contributed by atoms with Gasteiger partial charge in [0.15, 0.2) is 0 Å². The summed E-state index contributed by atoms with van der Waals surface area (Å²) in [4.78, 5) is 13.0. The molecule has 75 valence electrons. The lowest BCUT2D eigenvalue weighted by atomic mass is 10.1. The van der Waals surface area contributed by atoms with Gasteiger partial charge in [0.2, 0.25) is 5.91 Å². The van der Waals surface area contributed by atoms with Crippen LogP contribution in [0.3, 0.4) is 0 Å². The summed E-state index contributed by atoms with van der Waals surface area (Å²) in [5.74, 6) is -0.0670. The van der Waals surface area contributed by atoms with E-state index in [1.54, 1.807) is 0 Å². The summed E-state index contributed by atoms with van der Waals surface area (Å²) in [6, 6.07) is 7.88. The zero-order valence-corrected chi connectivity index (χ0v) is 8.58. The predicted molar refractivity (Wildman–Crippen MR) is 58.0 cm³/mol. The third-order valence-corrected chi connectivity index (χ3v) is 2.01. The molecule has 3 nitrogen and oxygen atoms in total. The first-order valence-electron chi connectivity index (χ1n) is 4.45. The van der Waals surface area contributed by atoms with Gasteiger partial charge in [0.05, 0.1) is 6.42 Å². The molecule has 1 N–H and O–H groups in total. The minimum absolute atomic E-state index is 0.0670. The summed E-state index contributed by atoms with van der Waals surface area (Å²) in [5, 5.41) is 2.35. The summed E-state index contributed by atoms with van der Waals surface area (Å²) in [6.07, 6.45) is 0.386. The number of rotatable bonds is 3. The molecule has 14 heavy (non-hydrogen) atoms. The third-order valence-electron chi connectivity index (χ3n) is 2.01. The molecule has 0 aliphatic rings. The van der Waals surface area contributed by atoms with E-state index >= 15 is 0 Å². The molecule has 0 aliphatic carbocycles. The lowest BCUT2D eigenvalue weighted by Crippen LogP contribution is -2.17. The number of anilines is 1. The molecular weight excluding hydrogens is 176 g/mol. The van der Waals surface area contributed by atoms with Crippen LogP contribution in [0.1, 0.15) is 5.56 Å². The largest absolute Gasteiger partial charge is 0.378 e. The minimum Gasteiger partial charge on any atom is -0.378 e. The number of hydrogen-bond acceptors (Lipinski definition) is 2. The average Bonchev–Trinajstić information content (AvgIpc) is 2.18. The van der Waals surface area contributed by atoms with E-state index in [0.29, 0.717) is 6.42 Å². The Morgan fingerprint density at radius 3 is 2.36 bits per heavy atom. The van der Waals surface area contributed by atoms with Gasteiger partial charge in [0.1, 0.15) is 0 Å². The van der Waals surface area contributed by atoms with Crippen LogP contribution in [0.15, 0.2) is 24.3 Å². The van der Waals surface area contributed by atoms with E-state index < -0.39 is 0 Å². The number of carbonyl (C=O) groups excluding carboxylic acids is 1. The molecule has 0 aromatic heterocycles. The molecule has 1 rings (SSSR count). The summed E-state index contributed by atoms with van der Waals surface area (Å²) in [5.41, 5.74) is 2.13. The topological polar surface area (TPSA) is 32.3 Å². The third kappa shape index (κ3) is 2.76. The van der Waals surface area contributed by atoms with Crippen molar-refractivity contribution in [3.8, 4) is 0 Å². The standard InChI is InChI=1S/C11H15N2O/c1-12-11(14)8-9-4-6-10(7-5-9)13(2)3/h4-7H,1,8H2,2-3H3,(H,12,14). The molecule has 0 bridgehead atoms. The Morgan fingerprint density at radius 1 is 1.36 bits per heavy atom. The molecule has 0 heterocycles. The molecule has 1 radical (unpaired) electrons. The lowest BCUT2D eigenvalue weighted by Gasteiger charge is -2.12. The fraction of sp³-hybridized carbons (Fsp3) is 0.273. The van der Waals surface area contributed by atoms with E-state index in [-0.39, 0.29) is 5.91 Å². The fourth-order valence-electron chi connectivity index (χ4n) is 1.16. The highest BCUT2D eigenvalue weighted by molar-refractivity contribution is 5.78. The van der Waals surface area contributed by atoms with Crippen molar-refractivity contribution in [2.75, 3.05) is 19.0 Å². The van der Waals surface area contributed by atoms with Crippen molar-refractivity contribution in [1.82, 2.24) is 5.32 Å². The molecule has 0 fully saturated rings. The van der Waals surface area contributed by atoms with Crippen molar-refractivity contribution in [3.63, 3.8) is 0 Å². The number of nitrogens with zero attached hydrogens (tertiary/aromatic N) is 1. The minimum atomic E-state index is -0.0670. The summed E-state index contributed by atoms with van der Waals surface area (Å²) < 4.78 is 0. The molecule has 0 saturated heterocycles. The van der Waals surface area contributed by atoms with Crippen LogP contribution in [0.2, 0.25) is 0 Å². The highest BCUT2D eigenvalue weighted by Crippen LogP contribution is 2.12. The van der Waals surface area contributed by atoms with Gasteiger partial charge in [-0.2, -0.15) is 0 Å². The molecule has 3 heteroatoms. The molecule has 0 saturated carbocycles. The molecule has 1 amide bonds. The Hall–Kier alpha value is -1.51. The zero-order chi connectivity index (χ0) is 10.6. The first-order chi connectivity index (χ1) is 6.63. The molecule has 1 aromatic carbocycles. The molecule has 0 aliphatic heterocycles. The van der Waals surface area contributed by atoms with Crippen LogP contribution in [0, 0.1) is 7.05 Å². The van der Waals surface area contributed by atoms with Crippen molar-refractivity contribution < 1.29 is 4.79 Å². The van der Waals surface area contributed by atoms with Crippen LogP contribution in [-0.2, 0) is 11.2 Å².